The molecule has 154 valence electrons. The Morgan fingerprint density at radius 2 is 1.85 bits per heavy atom. The van der Waals surface area contributed by atoms with E-state index in [0.717, 1.165) is 30.9 Å². The first kappa shape index (κ1) is 22.2. The van der Waals surface area contributed by atoms with Crippen LogP contribution in [0.1, 0.15) is 80.1 Å². The van der Waals surface area contributed by atoms with Gasteiger partial charge in [0.2, 0.25) is 0 Å². The third kappa shape index (κ3) is 6.78. The fourth-order valence-electron chi connectivity index (χ4n) is 4.59. The van der Waals surface area contributed by atoms with Gasteiger partial charge in [-0.25, -0.2) is 4.79 Å². The predicted molar refractivity (Wildman–Crippen MR) is 111 cm³/mol. The maximum Gasteiger partial charge on any atom is 0.335 e. The van der Waals surface area contributed by atoms with Crippen molar-refractivity contribution in [1.82, 2.24) is 0 Å². The lowest BCUT2D eigenvalue weighted by atomic mass is 9.75. The SMILES string of the molecule is CC1CC[C@@H](C(C)C)[C@H](OC/C=C/C(=O)OC2=C(C(C)C)CC[C@@H](C)C2)C1. The van der Waals surface area contributed by atoms with Crippen LogP contribution in [0.3, 0.4) is 0 Å². The summed E-state index contributed by atoms with van der Waals surface area (Å²) >= 11 is 0. The van der Waals surface area contributed by atoms with Crippen molar-refractivity contribution in [2.75, 3.05) is 6.61 Å². The molecule has 3 heteroatoms. The number of carbonyl (C=O) groups excluding carboxylic acids is 1. The van der Waals surface area contributed by atoms with Crippen molar-refractivity contribution in [3.63, 3.8) is 0 Å². The average molecular weight is 377 g/mol. The van der Waals surface area contributed by atoms with Crippen molar-refractivity contribution in [2.24, 2.45) is 29.6 Å². The molecule has 0 N–H and O–H groups in total. The van der Waals surface area contributed by atoms with E-state index in [9.17, 15) is 4.79 Å². The van der Waals surface area contributed by atoms with Crippen LogP contribution in [0.25, 0.3) is 0 Å². The van der Waals surface area contributed by atoms with Gasteiger partial charge in [-0.2, -0.15) is 0 Å². The quantitative estimate of drug-likeness (QED) is 0.387. The smallest absolute Gasteiger partial charge is 0.335 e. The highest BCUT2D eigenvalue weighted by Crippen LogP contribution is 2.35. The van der Waals surface area contributed by atoms with Gasteiger partial charge in [-0.15, -0.1) is 0 Å². The number of ether oxygens (including phenoxy) is 2. The van der Waals surface area contributed by atoms with Crippen LogP contribution in [0.4, 0.5) is 0 Å². The highest BCUT2D eigenvalue weighted by atomic mass is 16.5. The van der Waals surface area contributed by atoms with E-state index in [1.165, 1.54) is 24.8 Å². The summed E-state index contributed by atoms with van der Waals surface area (Å²) < 4.78 is 11.8. The monoisotopic (exact) mass is 376 g/mol. The molecule has 4 atom stereocenters. The van der Waals surface area contributed by atoms with Crippen LogP contribution in [-0.2, 0) is 14.3 Å². The Kier molecular flexibility index (Phi) is 8.60. The number of hydrogen-bond acceptors (Lipinski definition) is 3. The standard InChI is InChI=1S/C24H40O3/c1-16(2)20-11-9-18(5)14-22(20)26-13-7-8-24(25)27-23-15-19(6)10-12-21(23)17(3)4/h7-8,16-20,22H,9-15H2,1-6H3/b8-7+/t18?,19-,20+,22-/m1/s1. The second-order valence-electron chi connectivity index (χ2n) is 9.47. The van der Waals surface area contributed by atoms with Crippen molar-refractivity contribution in [2.45, 2.75) is 86.2 Å². The van der Waals surface area contributed by atoms with Gasteiger partial charge in [-0.05, 0) is 60.8 Å². The minimum atomic E-state index is -0.265. The first-order valence-corrected chi connectivity index (χ1v) is 11.0. The third-order valence-electron chi connectivity index (χ3n) is 6.34. The molecule has 0 aromatic rings. The summed E-state index contributed by atoms with van der Waals surface area (Å²) in [7, 11) is 0. The summed E-state index contributed by atoms with van der Waals surface area (Å²) in [4.78, 5) is 12.3. The lowest BCUT2D eigenvalue weighted by Crippen LogP contribution is -2.34. The molecule has 0 aliphatic heterocycles. The van der Waals surface area contributed by atoms with Gasteiger partial charge in [-0.3, -0.25) is 0 Å². The zero-order valence-corrected chi connectivity index (χ0v) is 18.3. The average Bonchev–Trinajstić information content (AvgIpc) is 2.58. The molecule has 2 aliphatic carbocycles. The summed E-state index contributed by atoms with van der Waals surface area (Å²) in [6.45, 7) is 14.0. The maximum absolute atomic E-state index is 12.3. The van der Waals surface area contributed by atoms with Crippen molar-refractivity contribution in [1.29, 1.82) is 0 Å². The molecule has 0 amide bonds. The van der Waals surface area contributed by atoms with Crippen LogP contribution < -0.4 is 0 Å². The first-order chi connectivity index (χ1) is 12.8. The maximum atomic E-state index is 12.3. The van der Waals surface area contributed by atoms with Gasteiger partial charge >= 0.3 is 5.97 Å². The minimum absolute atomic E-state index is 0.265. The van der Waals surface area contributed by atoms with Gasteiger partial charge in [0.1, 0.15) is 5.76 Å². The van der Waals surface area contributed by atoms with Crippen molar-refractivity contribution in [3.8, 4) is 0 Å². The second kappa shape index (κ2) is 10.5. The Balaban J connectivity index is 1.85. The van der Waals surface area contributed by atoms with E-state index in [1.54, 1.807) is 6.08 Å². The van der Waals surface area contributed by atoms with E-state index in [4.69, 9.17) is 9.47 Å². The van der Waals surface area contributed by atoms with E-state index in [-0.39, 0.29) is 5.97 Å². The number of esters is 1. The lowest BCUT2D eigenvalue weighted by Gasteiger charge is -2.37. The van der Waals surface area contributed by atoms with Crippen molar-refractivity contribution in [3.05, 3.63) is 23.5 Å². The van der Waals surface area contributed by atoms with E-state index < -0.39 is 0 Å². The summed E-state index contributed by atoms with van der Waals surface area (Å²) in [6.07, 6.45) is 10.5. The molecule has 1 unspecified atom stereocenters. The molecular formula is C24H40O3. The molecule has 0 spiro atoms. The van der Waals surface area contributed by atoms with Crippen molar-refractivity contribution >= 4 is 5.97 Å². The Labute approximate surface area is 166 Å². The van der Waals surface area contributed by atoms with E-state index in [2.05, 4.69) is 41.5 Å². The largest absolute Gasteiger partial charge is 0.428 e. The molecule has 27 heavy (non-hydrogen) atoms. The number of hydrogen-bond donors (Lipinski definition) is 0. The fourth-order valence-corrected chi connectivity index (χ4v) is 4.59. The van der Waals surface area contributed by atoms with Crippen LogP contribution in [-0.4, -0.2) is 18.7 Å². The molecule has 2 aliphatic rings. The highest BCUT2D eigenvalue weighted by molar-refractivity contribution is 5.82. The highest BCUT2D eigenvalue weighted by Gasteiger charge is 2.31. The topological polar surface area (TPSA) is 35.5 Å². The molecule has 0 saturated heterocycles. The minimum Gasteiger partial charge on any atom is -0.428 e. The number of allylic oxidation sites excluding steroid dienone is 2. The van der Waals surface area contributed by atoms with Gasteiger partial charge in [0.25, 0.3) is 0 Å². The molecule has 1 saturated carbocycles. The van der Waals surface area contributed by atoms with Gasteiger partial charge in [0.05, 0.1) is 12.7 Å². The van der Waals surface area contributed by atoms with Crippen LogP contribution in [0.5, 0.6) is 0 Å². The second-order valence-corrected chi connectivity index (χ2v) is 9.47. The molecule has 1 fully saturated rings. The fraction of sp³-hybridized carbons (Fsp3) is 0.792. The summed E-state index contributed by atoms with van der Waals surface area (Å²) in [5, 5.41) is 0. The normalized spacial score (nSPS) is 29.8. The Morgan fingerprint density at radius 3 is 2.52 bits per heavy atom. The van der Waals surface area contributed by atoms with Gasteiger partial charge in [-0.1, -0.05) is 54.0 Å². The zero-order valence-electron chi connectivity index (χ0n) is 18.3. The zero-order chi connectivity index (χ0) is 20.0. The number of carbonyl (C=O) groups is 1. The van der Waals surface area contributed by atoms with Crippen LogP contribution in [0.15, 0.2) is 23.5 Å². The van der Waals surface area contributed by atoms with E-state index in [1.807, 2.05) is 6.08 Å². The van der Waals surface area contributed by atoms with Crippen LogP contribution >= 0.6 is 0 Å². The molecule has 2 rings (SSSR count). The van der Waals surface area contributed by atoms with E-state index >= 15 is 0 Å². The molecule has 0 radical (unpaired) electrons. The van der Waals surface area contributed by atoms with Crippen LogP contribution in [0.2, 0.25) is 0 Å². The molecule has 3 nitrogen and oxygen atoms in total. The third-order valence-corrected chi connectivity index (χ3v) is 6.34. The molecular weight excluding hydrogens is 336 g/mol. The molecule has 0 aromatic heterocycles. The first-order valence-electron chi connectivity index (χ1n) is 11.0. The molecule has 0 heterocycles. The Hall–Kier alpha value is -1.09. The lowest BCUT2D eigenvalue weighted by molar-refractivity contribution is -0.134. The molecule has 0 aromatic carbocycles. The van der Waals surface area contributed by atoms with E-state index in [0.29, 0.717) is 36.4 Å². The number of rotatable bonds is 7. The van der Waals surface area contributed by atoms with Crippen LogP contribution in [0, 0.1) is 29.6 Å². The van der Waals surface area contributed by atoms with Gasteiger partial charge < -0.3 is 9.47 Å². The van der Waals surface area contributed by atoms with Gasteiger partial charge in [0.15, 0.2) is 0 Å². The molecule has 0 bridgehead atoms. The summed E-state index contributed by atoms with van der Waals surface area (Å²) in [6, 6.07) is 0. The Morgan fingerprint density at radius 1 is 1.11 bits per heavy atom. The van der Waals surface area contributed by atoms with Gasteiger partial charge in [0, 0.05) is 12.5 Å². The summed E-state index contributed by atoms with van der Waals surface area (Å²) in [5.41, 5.74) is 1.31. The summed E-state index contributed by atoms with van der Waals surface area (Å²) in [5.74, 6) is 3.67. The predicted octanol–water partition coefficient (Wildman–Crippen LogP) is 6.29. The Bertz CT molecular complexity index is 544. The van der Waals surface area contributed by atoms with Crippen molar-refractivity contribution < 1.29 is 14.3 Å².